The van der Waals surface area contributed by atoms with Gasteiger partial charge in [-0.3, -0.25) is 0 Å². The van der Waals surface area contributed by atoms with Gasteiger partial charge in [-0.25, -0.2) is 4.98 Å². The average Bonchev–Trinajstić information content (AvgIpc) is 2.81. The van der Waals surface area contributed by atoms with E-state index in [2.05, 4.69) is 57.0 Å². The molecule has 0 bridgehead atoms. The molecule has 0 amide bonds. The Morgan fingerprint density at radius 3 is 2.40 bits per heavy atom. The van der Waals surface area contributed by atoms with Gasteiger partial charge in [0.2, 0.25) is 0 Å². The molecule has 1 heterocycles. The molecule has 0 saturated heterocycles. The minimum absolute atomic E-state index is 0.508. The van der Waals surface area contributed by atoms with Gasteiger partial charge in [0.15, 0.2) is 5.13 Å². The molecule has 3 heteroatoms. The predicted molar refractivity (Wildman–Crippen MR) is 90.1 cm³/mol. The molecule has 0 spiro atoms. The molecule has 2 N–H and O–H groups in total. The summed E-state index contributed by atoms with van der Waals surface area (Å²) in [6, 6.07) is 6.74. The van der Waals surface area contributed by atoms with Crippen molar-refractivity contribution < 1.29 is 0 Å². The van der Waals surface area contributed by atoms with Gasteiger partial charge in [-0.05, 0) is 34.6 Å². The lowest BCUT2D eigenvalue weighted by molar-refractivity contribution is 0.832. The number of thiazole rings is 1. The van der Waals surface area contributed by atoms with E-state index in [9.17, 15) is 0 Å². The summed E-state index contributed by atoms with van der Waals surface area (Å²) in [5, 5.41) is 2.59. The molecular weight excluding hydrogens is 264 g/mol. The number of aromatic nitrogens is 1. The molecular formula is C17H22N2S. The molecule has 0 radical (unpaired) electrons. The molecule has 106 valence electrons. The Labute approximate surface area is 125 Å². The molecule has 0 aliphatic heterocycles. The van der Waals surface area contributed by atoms with Crippen LogP contribution in [0.4, 0.5) is 5.13 Å². The zero-order valence-electron chi connectivity index (χ0n) is 12.6. The Bertz CT molecular complexity index is 609. The van der Waals surface area contributed by atoms with E-state index in [4.69, 9.17) is 5.73 Å². The zero-order chi connectivity index (χ0) is 14.7. The molecule has 0 aliphatic carbocycles. The van der Waals surface area contributed by atoms with Crippen molar-refractivity contribution in [2.45, 2.75) is 39.5 Å². The standard InChI is InChI=1S/C17H22N2S/c1-11(2)14-6-5-13(16(9-14)12(3)4)7-8-15-10-20-17(18)19-15/h5-12H,1-4H3,(H2,18,19). The van der Waals surface area contributed by atoms with Crippen LogP contribution in [0, 0.1) is 0 Å². The van der Waals surface area contributed by atoms with Crippen molar-refractivity contribution in [2.75, 3.05) is 5.73 Å². The summed E-state index contributed by atoms with van der Waals surface area (Å²) in [7, 11) is 0. The molecule has 2 aromatic rings. The van der Waals surface area contributed by atoms with Crippen LogP contribution in [0.2, 0.25) is 0 Å². The van der Waals surface area contributed by atoms with Crippen LogP contribution in [0.1, 0.15) is 61.9 Å². The second-order valence-corrected chi connectivity index (χ2v) is 6.53. The van der Waals surface area contributed by atoms with E-state index < -0.39 is 0 Å². The summed E-state index contributed by atoms with van der Waals surface area (Å²) in [6.07, 6.45) is 4.16. The Morgan fingerprint density at radius 2 is 1.85 bits per heavy atom. The fraction of sp³-hybridized carbons (Fsp3) is 0.353. The first-order valence-electron chi connectivity index (χ1n) is 7.00. The van der Waals surface area contributed by atoms with Crippen molar-refractivity contribution in [3.8, 4) is 0 Å². The average molecular weight is 286 g/mol. The van der Waals surface area contributed by atoms with Gasteiger partial charge in [0.05, 0.1) is 5.69 Å². The van der Waals surface area contributed by atoms with Gasteiger partial charge in [-0.15, -0.1) is 11.3 Å². The molecule has 0 atom stereocenters. The fourth-order valence-corrected chi connectivity index (χ4v) is 2.69. The third-order valence-corrected chi connectivity index (χ3v) is 4.07. The van der Waals surface area contributed by atoms with E-state index in [-0.39, 0.29) is 0 Å². The first-order chi connectivity index (χ1) is 9.47. The molecule has 0 unspecified atom stereocenters. The monoisotopic (exact) mass is 286 g/mol. The highest BCUT2D eigenvalue weighted by Crippen LogP contribution is 2.26. The normalized spacial score (nSPS) is 11.9. The molecule has 1 aromatic carbocycles. The van der Waals surface area contributed by atoms with Gasteiger partial charge in [0, 0.05) is 5.38 Å². The highest BCUT2D eigenvalue weighted by molar-refractivity contribution is 7.13. The van der Waals surface area contributed by atoms with Crippen molar-refractivity contribution in [1.82, 2.24) is 4.98 Å². The van der Waals surface area contributed by atoms with Crippen molar-refractivity contribution in [2.24, 2.45) is 0 Å². The van der Waals surface area contributed by atoms with Gasteiger partial charge in [-0.1, -0.05) is 52.0 Å². The number of nitrogen functional groups attached to an aromatic ring is 1. The van der Waals surface area contributed by atoms with Crippen LogP contribution in [-0.2, 0) is 0 Å². The number of hydrogen-bond acceptors (Lipinski definition) is 3. The number of anilines is 1. The van der Waals surface area contributed by atoms with Crippen molar-refractivity contribution in [3.05, 3.63) is 46.0 Å². The zero-order valence-corrected chi connectivity index (χ0v) is 13.4. The van der Waals surface area contributed by atoms with Crippen LogP contribution in [0.15, 0.2) is 23.6 Å². The minimum atomic E-state index is 0.508. The second-order valence-electron chi connectivity index (χ2n) is 5.64. The lowest BCUT2D eigenvalue weighted by atomic mass is 9.91. The number of nitrogens with two attached hydrogens (primary N) is 1. The fourth-order valence-electron chi connectivity index (χ4n) is 2.16. The molecule has 0 aliphatic rings. The van der Waals surface area contributed by atoms with E-state index >= 15 is 0 Å². The van der Waals surface area contributed by atoms with Gasteiger partial charge in [-0.2, -0.15) is 0 Å². The van der Waals surface area contributed by atoms with Crippen LogP contribution in [0.5, 0.6) is 0 Å². The van der Waals surface area contributed by atoms with Crippen LogP contribution < -0.4 is 5.73 Å². The van der Waals surface area contributed by atoms with Crippen LogP contribution in [0.3, 0.4) is 0 Å². The highest BCUT2D eigenvalue weighted by Gasteiger charge is 2.08. The van der Waals surface area contributed by atoms with E-state index in [1.54, 1.807) is 0 Å². The number of hydrogen-bond donors (Lipinski definition) is 1. The molecule has 2 nitrogen and oxygen atoms in total. The van der Waals surface area contributed by atoms with Crippen molar-refractivity contribution >= 4 is 28.6 Å². The van der Waals surface area contributed by atoms with Crippen LogP contribution >= 0.6 is 11.3 Å². The first kappa shape index (κ1) is 14.8. The third kappa shape index (κ3) is 3.48. The van der Waals surface area contributed by atoms with Crippen LogP contribution in [0.25, 0.3) is 12.2 Å². The highest BCUT2D eigenvalue weighted by atomic mass is 32.1. The van der Waals surface area contributed by atoms with Gasteiger partial charge >= 0.3 is 0 Å². The van der Waals surface area contributed by atoms with Gasteiger partial charge in [0.25, 0.3) is 0 Å². The first-order valence-corrected chi connectivity index (χ1v) is 7.88. The van der Waals surface area contributed by atoms with Gasteiger partial charge < -0.3 is 5.73 Å². The van der Waals surface area contributed by atoms with E-state index in [1.165, 1.54) is 28.0 Å². The quantitative estimate of drug-likeness (QED) is 0.845. The second kappa shape index (κ2) is 6.23. The third-order valence-electron chi connectivity index (χ3n) is 3.37. The molecule has 20 heavy (non-hydrogen) atoms. The summed E-state index contributed by atoms with van der Waals surface area (Å²) in [5.41, 5.74) is 10.6. The smallest absolute Gasteiger partial charge is 0.180 e. The Hall–Kier alpha value is -1.61. The Morgan fingerprint density at radius 1 is 1.10 bits per heavy atom. The van der Waals surface area contributed by atoms with Crippen molar-refractivity contribution in [1.29, 1.82) is 0 Å². The Kier molecular flexibility index (Phi) is 4.61. The van der Waals surface area contributed by atoms with Gasteiger partial charge in [0.1, 0.15) is 0 Å². The lowest BCUT2D eigenvalue weighted by Crippen LogP contribution is -1.96. The SMILES string of the molecule is CC(C)c1ccc(C=Cc2csc(N)n2)c(C(C)C)c1. The number of nitrogens with zero attached hydrogens (tertiary/aromatic N) is 1. The Balaban J connectivity index is 2.33. The van der Waals surface area contributed by atoms with Crippen LogP contribution in [-0.4, -0.2) is 4.98 Å². The van der Waals surface area contributed by atoms with E-state index in [0.29, 0.717) is 17.0 Å². The molecule has 1 aromatic heterocycles. The maximum absolute atomic E-state index is 5.65. The summed E-state index contributed by atoms with van der Waals surface area (Å²) in [4.78, 5) is 4.26. The lowest BCUT2D eigenvalue weighted by Gasteiger charge is -2.14. The largest absolute Gasteiger partial charge is 0.375 e. The van der Waals surface area contributed by atoms with E-state index in [0.717, 1.165) is 5.69 Å². The number of benzene rings is 1. The maximum Gasteiger partial charge on any atom is 0.180 e. The van der Waals surface area contributed by atoms with Crippen molar-refractivity contribution in [3.63, 3.8) is 0 Å². The molecule has 2 rings (SSSR count). The summed E-state index contributed by atoms with van der Waals surface area (Å²) in [6.45, 7) is 8.93. The maximum atomic E-state index is 5.65. The molecule has 0 saturated carbocycles. The predicted octanol–water partition coefficient (Wildman–Crippen LogP) is 5.14. The minimum Gasteiger partial charge on any atom is -0.375 e. The summed E-state index contributed by atoms with van der Waals surface area (Å²) >= 11 is 1.47. The number of rotatable bonds is 4. The topological polar surface area (TPSA) is 38.9 Å². The summed E-state index contributed by atoms with van der Waals surface area (Å²) in [5.74, 6) is 1.07. The van der Waals surface area contributed by atoms with E-state index in [1.807, 2.05) is 11.5 Å². The summed E-state index contributed by atoms with van der Waals surface area (Å²) < 4.78 is 0. The molecule has 0 fully saturated rings.